The number of carboxylic acids is 1. The molecule has 0 saturated heterocycles. The van der Waals surface area contributed by atoms with Crippen molar-refractivity contribution in [1.29, 1.82) is 0 Å². The molecule has 6 nitrogen and oxygen atoms in total. The molecule has 1 heterocycles. The summed E-state index contributed by atoms with van der Waals surface area (Å²) in [5.74, 6) is -4.72. The number of esters is 1. The summed E-state index contributed by atoms with van der Waals surface area (Å²) in [5.41, 5.74) is -2.05. The molecule has 0 fully saturated rings. The molecule has 0 spiro atoms. The fraction of sp³-hybridized carbons (Fsp3) is 0.0833. The summed E-state index contributed by atoms with van der Waals surface area (Å²) >= 11 is 0. The number of hydrogen-bond acceptors (Lipinski definition) is 6. The Labute approximate surface area is 113 Å². The number of fused-ring (bicyclic) bond motifs is 1. The minimum absolute atomic E-state index is 0.0405. The molecule has 0 aliphatic carbocycles. The summed E-state index contributed by atoms with van der Waals surface area (Å²) in [5, 5.41) is 10.6. The van der Waals surface area contributed by atoms with Crippen LogP contribution in [-0.2, 0) is 4.79 Å². The van der Waals surface area contributed by atoms with Gasteiger partial charge in [0.2, 0.25) is 0 Å². The Balaban J connectivity index is 2.46. The second kappa shape index (κ2) is 4.93. The highest BCUT2D eigenvalue weighted by atomic mass is 19.4. The van der Waals surface area contributed by atoms with Crippen molar-refractivity contribution in [2.24, 2.45) is 0 Å². The molecule has 0 aliphatic rings. The zero-order valence-corrected chi connectivity index (χ0v) is 9.89. The first kappa shape index (κ1) is 14.6. The first-order chi connectivity index (χ1) is 9.68. The van der Waals surface area contributed by atoms with E-state index in [0.29, 0.717) is 0 Å². The van der Waals surface area contributed by atoms with Crippen LogP contribution >= 0.6 is 0 Å². The van der Waals surface area contributed by atoms with Gasteiger partial charge in [-0.2, -0.15) is 13.2 Å². The summed E-state index contributed by atoms with van der Waals surface area (Å²) in [4.78, 5) is 32.6. The van der Waals surface area contributed by atoms with Gasteiger partial charge in [-0.3, -0.25) is 0 Å². The topological polar surface area (TPSA) is 96.6 Å². The molecule has 1 aromatic carbocycles. The Morgan fingerprint density at radius 3 is 2.43 bits per heavy atom. The van der Waals surface area contributed by atoms with Crippen LogP contribution < -0.4 is 15.5 Å². The average Bonchev–Trinajstić information content (AvgIpc) is 2.36. The summed E-state index contributed by atoms with van der Waals surface area (Å²) in [7, 11) is 0. The summed E-state index contributed by atoms with van der Waals surface area (Å²) in [6.45, 7) is 0. The largest absolute Gasteiger partial charge is 0.545 e. The summed E-state index contributed by atoms with van der Waals surface area (Å²) < 4.78 is 44.9. The van der Waals surface area contributed by atoms with Crippen molar-refractivity contribution >= 4 is 22.9 Å². The monoisotopic (exact) mass is 301 g/mol. The van der Waals surface area contributed by atoms with Gasteiger partial charge in [0.15, 0.2) is 0 Å². The third-order valence-corrected chi connectivity index (χ3v) is 2.37. The predicted octanol–water partition coefficient (Wildman–Crippen LogP) is 0.624. The van der Waals surface area contributed by atoms with Gasteiger partial charge in [-0.1, -0.05) is 0 Å². The second-order valence-corrected chi connectivity index (χ2v) is 3.82. The number of aromatic carboxylic acids is 1. The number of carbonyl (C=O) groups is 2. The first-order valence-corrected chi connectivity index (χ1v) is 5.27. The van der Waals surface area contributed by atoms with Crippen molar-refractivity contribution in [2.45, 2.75) is 6.18 Å². The molecule has 0 saturated carbocycles. The van der Waals surface area contributed by atoms with Gasteiger partial charge >= 0.3 is 17.8 Å². The number of carboxylic acid groups (broad SMARTS) is 1. The number of hydrogen-bond donors (Lipinski definition) is 0. The molecule has 0 unspecified atom stereocenters. The molecule has 0 bridgehead atoms. The smallest absolute Gasteiger partial charge is 0.491 e. The van der Waals surface area contributed by atoms with Gasteiger partial charge in [-0.15, -0.1) is 0 Å². The lowest BCUT2D eigenvalue weighted by Gasteiger charge is -2.08. The van der Waals surface area contributed by atoms with Crippen molar-refractivity contribution in [3.8, 4) is 5.75 Å². The van der Waals surface area contributed by atoms with E-state index in [9.17, 15) is 32.7 Å². The van der Waals surface area contributed by atoms with Crippen LogP contribution in [0.5, 0.6) is 5.75 Å². The van der Waals surface area contributed by atoms with E-state index >= 15 is 0 Å². The second-order valence-electron chi connectivity index (χ2n) is 3.82. The number of ether oxygens (including phenoxy) is 1. The van der Waals surface area contributed by atoms with Crippen LogP contribution in [0.25, 0.3) is 11.0 Å². The summed E-state index contributed by atoms with van der Waals surface area (Å²) in [6.07, 6.45) is -5.17. The fourth-order valence-corrected chi connectivity index (χ4v) is 1.47. The minimum atomic E-state index is -5.17. The molecule has 110 valence electrons. The number of benzene rings is 1. The molecule has 2 aromatic rings. The highest BCUT2D eigenvalue weighted by Gasteiger charge is 2.41. The van der Waals surface area contributed by atoms with Crippen LogP contribution in [0.4, 0.5) is 13.2 Å². The first-order valence-electron chi connectivity index (χ1n) is 5.27. The van der Waals surface area contributed by atoms with E-state index in [1.807, 2.05) is 0 Å². The van der Waals surface area contributed by atoms with E-state index in [0.717, 1.165) is 24.3 Å². The van der Waals surface area contributed by atoms with Crippen molar-refractivity contribution in [1.82, 2.24) is 0 Å². The maximum Gasteiger partial charge on any atom is 0.491 e. The number of rotatable bonds is 2. The van der Waals surface area contributed by atoms with Crippen molar-refractivity contribution < 1.29 is 37.0 Å². The minimum Gasteiger partial charge on any atom is -0.545 e. The molecule has 1 aromatic heterocycles. The number of halogens is 3. The lowest BCUT2D eigenvalue weighted by Crippen LogP contribution is -2.28. The summed E-state index contributed by atoms with van der Waals surface area (Å²) in [6, 6.07) is 3.80. The Kier molecular flexibility index (Phi) is 3.42. The maximum atomic E-state index is 12.1. The van der Waals surface area contributed by atoms with Gasteiger partial charge in [-0.05, 0) is 24.3 Å². The van der Waals surface area contributed by atoms with E-state index in [1.54, 1.807) is 0 Å². The van der Waals surface area contributed by atoms with Crippen molar-refractivity contribution in [3.05, 3.63) is 40.2 Å². The van der Waals surface area contributed by atoms with Crippen LogP contribution in [0, 0.1) is 0 Å². The van der Waals surface area contributed by atoms with E-state index in [-0.39, 0.29) is 11.0 Å². The van der Waals surface area contributed by atoms with Gasteiger partial charge in [0.05, 0.1) is 11.5 Å². The predicted molar refractivity (Wildman–Crippen MR) is 58.5 cm³/mol. The van der Waals surface area contributed by atoms with Crippen molar-refractivity contribution in [2.75, 3.05) is 0 Å². The van der Waals surface area contributed by atoms with E-state index in [1.165, 1.54) is 0 Å². The van der Waals surface area contributed by atoms with Gasteiger partial charge in [0.25, 0.3) is 0 Å². The molecule has 0 N–H and O–H groups in total. The molecule has 9 heteroatoms. The molecule has 2 rings (SSSR count). The number of alkyl halides is 3. The average molecular weight is 301 g/mol. The maximum absolute atomic E-state index is 12.1. The SMILES string of the molecule is O=C([O-])c1cc2cc(OC(=O)C(F)(F)F)ccc2oc1=O. The zero-order valence-electron chi connectivity index (χ0n) is 9.89. The Morgan fingerprint density at radius 1 is 1.19 bits per heavy atom. The molecule has 21 heavy (non-hydrogen) atoms. The normalized spacial score (nSPS) is 11.4. The van der Waals surface area contributed by atoms with Gasteiger partial charge < -0.3 is 19.1 Å². The highest BCUT2D eigenvalue weighted by molar-refractivity contribution is 5.90. The lowest BCUT2D eigenvalue weighted by molar-refractivity contribution is -0.255. The van der Waals surface area contributed by atoms with E-state index in [4.69, 9.17) is 0 Å². The number of carbonyl (C=O) groups excluding carboxylic acids is 2. The third kappa shape index (κ3) is 3.02. The fourth-order valence-electron chi connectivity index (χ4n) is 1.47. The Morgan fingerprint density at radius 2 is 1.86 bits per heavy atom. The van der Waals surface area contributed by atoms with Crippen molar-refractivity contribution in [3.63, 3.8) is 0 Å². The van der Waals surface area contributed by atoms with Crippen LogP contribution in [0.2, 0.25) is 0 Å². The van der Waals surface area contributed by atoms with Gasteiger partial charge in [-0.25, -0.2) is 9.59 Å². The van der Waals surface area contributed by atoms with Crippen LogP contribution in [0.1, 0.15) is 10.4 Å². The standard InChI is InChI=1S/C12H5F3O6/c13-12(14,15)11(19)20-6-1-2-8-5(3-6)4-7(9(16)17)10(18)21-8/h1-4H,(H,16,17)/p-1. The lowest BCUT2D eigenvalue weighted by atomic mass is 10.2. The molecule has 0 radical (unpaired) electrons. The van der Waals surface area contributed by atoms with E-state index < -0.39 is 35.1 Å². The zero-order chi connectivity index (χ0) is 15.8. The van der Waals surface area contributed by atoms with Gasteiger partial charge in [0.1, 0.15) is 11.3 Å². The quantitative estimate of drug-likeness (QED) is 0.458. The van der Waals surface area contributed by atoms with Crippen LogP contribution in [0.3, 0.4) is 0 Å². The molecule has 0 atom stereocenters. The Hall–Kier alpha value is -2.84. The molecule has 0 aliphatic heterocycles. The third-order valence-electron chi connectivity index (χ3n) is 2.37. The highest BCUT2D eigenvalue weighted by Crippen LogP contribution is 2.24. The van der Waals surface area contributed by atoms with E-state index in [2.05, 4.69) is 9.15 Å². The molecular formula is C12H4F3O6-. The Bertz CT molecular complexity index is 790. The van der Waals surface area contributed by atoms with Crippen LogP contribution in [0.15, 0.2) is 33.5 Å². The van der Waals surface area contributed by atoms with Gasteiger partial charge in [0, 0.05) is 5.39 Å². The van der Waals surface area contributed by atoms with Crippen LogP contribution in [-0.4, -0.2) is 18.1 Å². The molecule has 0 amide bonds. The molecular weight excluding hydrogens is 297 g/mol.